The number of ether oxygens (including phenoxy) is 1. The van der Waals surface area contributed by atoms with Gasteiger partial charge in [-0.25, -0.2) is 4.79 Å². The lowest BCUT2D eigenvalue weighted by molar-refractivity contribution is -0.970. The Morgan fingerprint density at radius 1 is 1.24 bits per heavy atom. The molecular formula is C3H2N6O8. The Morgan fingerprint density at radius 3 is 1.94 bits per heavy atom. The van der Waals surface area contributed by atoms with Gasteiger partial charge in [0.05, 0.1) is 0 Å². The third-order valence-electron chi connectivity index (χ3n) is 1.39. The predicted octanol–water partition coefficient (Wildman–Crippen LogP) is -0.0828. The van der Waals surface area contributed by atoms with Crippen LogP contribution in [0.4, 0.5) is 4.79 Å². The van der Waals surface area contributed by atoms with Gasteiger partial charge in [-0.3, -0.25) is 30.3 Å². The van der Waals surface area contributed by atoms with Gasteiger partial charge >= 0.3 is 18.5 Å². The molecule has 0 spiro atoms. The van der Waals surface area contributed by atoms with Crippen molar-refractivity contribution in [2.75, 3.05) is 6.61 Å². The van der Waals surface area contributed by atoms with Crippen LogP contribution in [0.5, 0.6) is 0 Å². The summed E-state index contributed by atoms with van der Waals surface area (Å²) in [4.78, 5) is 37.8. The van der Waals surface area contributed by atoms with E-state index in [-0.39, 0.29) is 0 Å². The van der Waals surface area contributed by atoms with Crippen LogP contribution >= 0.6 is 0 Å². The first kappa shape index (κ1) is 14.0. The van der Waals surface area contributed by atoms with Crippen molar-refractivity contribution in [1.29, 1.82) is 0 Å². The van der Waals surface area contributed by atoms with Gasteiger partial charge in [0, 0.05) is 10.0 Å². The lowest BCUT2D eigenvalue weighted by Crippen LogP contribution is -2.56. The van der Waals surface area contributed by atoms with E-state index in [9.17, 15) is 35.1 Å². The topological polar surface area (TPSA) is 204 Å². The normalized spacial score (nSPS) is 9.88. The van der Waals surface area contributed by atoms with Gasteiger partial charge in [0.15, 0.2) is 14.8 Å². The summed E-state index contributed by atoms with van der Waals surface area (Å²) in [5.74, 6) is -3.93. The van der Waals surface area contributed by atoms with E-state index < -0.39 is 33.3 Å². The maximum atomic E-state index is 10.4. The molecule has 0 unspecified atom stereocenters. The van der Waals surface area contributed by atoms with E-state index in [1.165, 1.54) is 0 Å². The molecule has 0 aromatic rings. The largest absolute Gasteiger partial charge is 0.734 e. The number of nitrogens with zero attached hydrogens (tertiary/aromatic N) is 6. The Hall–Kier alpha value is -3.02. The molecule has 0 fully saturated rings. The molecule has 92 valence electrons. The molecule has 0 atom stereocenters. The molecule has 0 N–H and O–H groups in total. The van der Waals surface area contributed by atoms with Gasteiger partial charge in [0.1, 0.15) is 0 Å². The first-order chi connectivity index (χ1) is 7.78. The summed E-state index contributed by atoms with van der Waals surface area (Å²) < 4.78 is 3.75. The zero-order chi connectivity index (χ0) is 13.6. The maximum absolute atomic E-state index is 10.4. The van der Waals surface area contributed by atoms with Crippen molar-refractivity contribution in [3.8, 4) is 0 Å². The van der Waals surface area contributed by atoms with Crippen LogP contribution in [0.15, 0.2) is 5.11 Å². The maximum Gasteiger partial charge on any atom is 0.734 e. The van der Waals surface area contributed by atoms with Crippen molar-refractivity contribution < 1.29 is 24.3 Å². The number of nitro groups is 3. The van der Waals surface area contributed by atoms with Crippen molar-refractivity contribution in [2.45, 2.75) is 5.79 Å². The average molecular weight is 250 g/mol. The first-order valence-electron chi connectivity index (χ1n) is 3.44. The minimum absolute atomic E-state index is 1.76. The Kier molecular flexibility index (Phi) is 4.25. The Balaban J connectivity index is 5.15. The molecule has 0 aliphatic heterocycles. The molecule has 0 saturated carbocycles. The molecule has 1 amide bonds. The number of azide groups is 1. The third-order valence-corrected chi connectivity index (χ3v) is 1.39. The lowest BCUT2D eigenvalue weighted by Gasteiger charge is -2.07. The molecule has 17 heavy (non-hydrogen) atoms. The van der Waals surface area contributed by atoms with E-state index in [0.717, 1.165) is 0 Å². The molecule has 0 heterocycles. The fourth-order valence-electron chi connectivity index (χ4n) is 0.582. The van der Waals surface area contributed by atoms with E-state index in [4.69, 9.17) is 5.53 Å². The van der Waals surface area contributed by atoms with Crippen molar-refractivity contribution in [2.24, 2.45) is 5.11 Å². The summed E-state index contributed by atoms with van der Waals surface area (Å²) in [7, 11) is 0. The molecular weight excluding hydrogens is 248 g/mol. The second-order valence-electron chi connectivity index (χ2n) is 2.29. The standard InChI is InChI=1S/C3H2N6O8/c4-6-5-2(10)17-1-3(7(11)12,8(13)14)9(15)16/h1H2. The predicted molar refractivity (Wildman–Crippen MR) is 44.2 cm³/mol. The van der Waals surface area contributed by atoms with E-state index >= 15 is 0 Å². The van der Waals surface area contributed by atoms with Crippen molar-refractivity contribution >= 4 is 6.09 Å². The lowest BCUT2D eigenvalue weighted by atomic mass is 10.4. The van der Waals surface area contributed by atoms with Gasteiger partial charge in [-0.2, -0.15) is 0 Å². The monoisotopic (exact) mass is 250 g/mol. The molecule has 0 saturated heterocycles. The number of hydrogen-bond donors (Lipinski definition) is 0. The van der Waals surface area contributed by atoms with E-state index in [1.54, 1.807) is 0 Å². The summed E-state index contributed by atoms with van der Waals surface area (Å²) in [5.41, 5.74) is 7.75. The van der Waals surface area contributed by atoms with Crippen LogP contribution in [0.25, 0.3) is 10.4 Å². The zero-order valence-electron chi connectivity index (χ0n) is 7.66. The highest BCUT2D eigenvalue weighted by Gasteiger charge is 2.72. The smallest absolute Gasteiger partial charge is 0.436 e. The van der Waals surface area contributed by atoms with Crippen LogP contribution in [0.1, 0.15) is 0 Å². The number of carbonyl (C=O) groups excluding carboxylic acids is 1. The van der Waals surface area contributed by atoms with Gasteiger partial charge in [0.25, 0.3) is 0 Å². The van der Waals surface area contributed by atoms with Crippen LogP contribution in [-0.4, -0.2) is 33.3 Å². The molecule has 0 radical (unpaired) electrons. The highest BCUT2D eigenvalue weighted by molar-refractivity contribution is 5.67. The summed E-state index contributed by atoms with van der Waals surface area (Å²) in [6.45, 7) is -1.81. The Labute approximate surface area is 89.8 Å². The summed E-state index contributed by atoms with van der Waals surface area (Å²) in [5, 5.41) is 33.2. The number of carbonyl (C=O) groups is 1. The van der Waals surface area contributed by atoms with E-state index in [0.29, 0.717) is 0 Å². The molecule has 0 aromatic heterocycles. The van der Waals surface area contributed by atoms with Crippen LogP contribution in [0, 0.1) is 30.3 Å². The van der Waals surface area contributed by atoms with Gasteiger partial charge in [-0.15, -0.1) is 0 Å². The summed E-state index contributed by atoms with van der Waals surface area (Å²) in [6.07, 6.45) is -1.76. The minimum atomic E-state index is -3.93. The van der Waals surface area contributed by atoms with Gasteiger partial charge in [-0.1, -0.05) is 0 Å². The summed E-state index contributed by atoms with van der Waals surface area (Å²) in [6, 6.07) is 0. The number of rotatable bonds is 5. The van der Waals surface area contributed by atoms with Gasteiger partial charge < -0.3 is 4.74 Å². The van der Waals surface area contributed by atoms with Crippen LogP contribution < -0.4 is 0 Å². The van der Waals surface area contributed by atoms with Crippen molar-refractivity contribution in [3.05, 3.63) is 40.8 Å². The molecule has 0 rings (SSSR count). The van der Waals surface area contributed by atoms with Gasteiger partial charge in [0.2, 0.25) is 0 Å². The fourth-order valence-corrected chi connectivity index (χ4v) is 0.582. The third kappa shape index (κ3) is 2.72. The number of hydrogen-bond acceptors (Lipinski definition) is 8. The van der Waals surface area contributed by atoms with Crippen LogP contribution in [0.2, 0.25) is 0 Å². The summed E-state index contributed by atoms with van der Waals surface area (Å²) >= 11 is 0. The second-order valence-corrected chi connectivity index (χ2v) is 2.29. The fraction of sp³-hybridized carbons (Fsp3) is 0.667. The molecule has 14 heteroatoms. The molecule has 0 aliphatic rings. The Bertz CT molecular complexity index is 387. The highest BCUT2D eigenvalue weighted by atomic mass is 16.7. The average Bonchev–Trinajstić information content (AvgIpc) is 2.17. The Morgan fingerprint density at radius 2 is 1.65 bits per heavy atom. The highest BCUT2D eigenvalue weighted by Crippen LogP contribution is 2.13. The number of amides is 1. The van der Waals surface area contributed by atoms with Crippen LogP contribution in [0.3, 0.4) is 0 Å². The second kappa shape index (κ2) is 5.17. The molecule has 0 aromatic carbocycles. The zero-order valence-corrected chi connectivity index (χ0v) is 7.66. The quantitative estimate of drug-likeness (QED) is 0.160. The van der Waals surface area contributed by atoms with Crippen molar-refractivity contribution in [1.82, 2.24) is 0 Å². The van der Waals surface area contributed by atoms with Crippen molar-refractivity contribution in [3.63, 3.8) is 0 Å². The molecule has 14 nitrogen and oxygen atoms in total. The minimum Gasteiger partial charge on any atom is -0.436 e. The first-order valence-corrected chi connectivity index (χ1v) is 3.44. The van der Waals surface area contributed by atoms with Crippen LogP contribution in [-0.2, 0) is 4.74 Å². The molecule has 0 bridgehead atoms. The van der Waals surface area contributed by atoms with E-state index in [2.05, 4.69) is 9.85 Å². The van der Waals surface area contributed by atoms with E-state index in [1.807, 2.05) is 4.91 Å². The SMILES string of the molecule is [N-]=[N+]=NC(=O)OCC([N+](=O)[O-])([N+](=O)[O-])[N+](=O)[O-]. The molecule has 0 aliphatic carbocycles. The van der Waals surface area contributed by atoms with Gasteiger partial charge in [-0.05, 0) is 5.53 Å².